The van der Waals surface area contributed by atoms with Crippen LogP contribution in [-0.4, -0.2) is 23.9 Å². The summed E-state index contributed by atoms with van der Waals surface area (Å²) in [6.45, 7) is 5.70. The Morgan fingerprint density at radius 1 is 1.10 bits per heavy atom. The lowest BCUT2D eigenvalue weighted by atomic mass is 10.1. The summed E-state index contributed by atoms with van der Waals surface area (Å²) in [4.78, 5) is 23.2. The third kappa shape index (κ3) is 6.78. The van der Waals surface area contributed by atoms with Gasteiger partial charge < -0.3 is 16.4 Å². The number of nitrogens with two attached hydrogens (primary N) is 1. The molecule has 0 heterocycles. The number of nitrogen functional groups attached to an aromatic ring is 1. The van der Waals surface area contributed by atoms with E-state index in [9.17, 15) is 9.59 Å². The number of benzene rings is 1. The van der Waals surface area contributed by atoms with Crippen molar-refractivity contribution in [2.75, 3.05) is 12.3 Å². The number of aryl methyl sites for hydroxylation is 1. The van der Waals surface area contributed by atoms with Gasteiger partial charge in [0.15, 0.2) is 0 Å². The van der Waals surface area contributed by atoms with Gasteiger partial charge in [-0.15, -0.1) is 0 Å². The largest absolute Gasteiger partial charge is 0.399 e. The molecule has 0 aliphatic heterocycles. The average molecular weight is 277 g/mol. The molecule has 2 amide bonds. The highest BCUT2D eigenvalue weighted by Gasteiger charge is 2.14. The van der Waals surface area contributed by atoms with Gasteiger partial charge >= 0.3 is 0 Å². The van der Waals surface area contributed by atoms with E-state index in [1.807, 2.05) is 45.0 Å². The molecule has 1 aromatic rings. The van der Waals surface area contributed by atoms with Gasteiger partial charge in [0.2, 0.25) is 11.8 Å². The molecule has 0 unspecified atom stereocenters. The minimum Gasteiger partial charge on any atom is -0.399 e. The molecule has 1 aromatic carbocycles. The maximum Gasteiger partial charge on any atom is 0.239 e. The number of carbonyl (C=O) groups is 2. The molecule has 0 bridgehead atoms. The van der Waals surface area contributed by atoms with Crippen LogP contribution in [0.1, 0.15) is 32.8 Å². The van der Waals surface area contributed by atoms with Crippen molar-refractivity contribution < 1.29 is 9.59 Å². The van der Waals surface area contributed by atoms with Crippen LogP contribution >= 0.6 is 0 Å². The Balaban J connectivity index is 2.27. The standard InChI is InChI=1S/C15H23N3O2/c1-15(2,3)18-14(20)10-17-13(19)9-6-11-4-7-12(16)8-5-11/h4-5,7-8H,6,9-10,16H2,1-3H3,(H,17,19)(H,18,20). The van der Waals surface area contributed by atoms with Crippen LogP contribution in [0.25, 0.3) is 0 Å². The van der Waals surface area contributed by atoms with Crippen molar-refractivity contribution in [2.45, 2.75) is 39.2 Å². The van der Waals surface area contributed by atoms with Crippen molar-refractivity contribution in [2.24, 2.45) is 0 Å². The Labute approximate surface area is 119 Å². The van der Waals surface area contributed by atoms with Gasteiger partial charge in [-0.25, -0.2) is 0 Å². The summed E-state index contributed by atoms with van der Waals surface area (Å²) in [5.74, 6) is -0.316. The molecule has 4 N–H and O–H groups in total. The summed E-state index contributed by atoms with van der Waals surface area (Å²) in [5.41, 5.74) is 7.06. The molecule has 0 aliphatic carbocycles. The molecule has 0 radical (unpaired) electrons. The van der Waals surface area contributed by atoms with E-state index in [2.05, 4.69) is 10.6 Å². The van der Waals surface area contributed by atoms with E-state index in [4.69, 9.17) is 5.73 Å². The van der Waals surface area contributed by atoms with Crippen molar-refractivity contribution in [1.82, 2.24) is 10.6 Å². The molecule has 0 saturated heterocycles. The maximum atomic E-state index is 11.6. The van der Waals surface area contributed by atoms with Gasteiger partial charge in [-0.3, -0.25) is 9.59 Å². The zero-order valence-corrected chi connectivity index (χ0v) is 12.3. The monoisotopic (exact) mass is 277 g/mol. The zero-order valence-electron chi connectivity index (χ0n) is 12.3. The minimum atomic E-state index is -0.286. The summed E-state index contributed by atoms with van der Waals surface area (Å²) >= 11 is 0. The van der Waals surface area contributed by atoms with Crippen molar-refractivity contribution in [3.63, 3.8) is 0 Å². The highest BCUT2D eigenvalue weighted by Crippen LogP contribution is 2.07. The Kier molecular flexibility index (Phi) is 5.55. The first-order valence-corrected chi connectivity index (χ1v) is 6.68. The number of anilines is 1. The molecule has 0 saturated carbocycles. The van der Waals surface area contributed by atoms with Gasteiger partial charge in [0.05, 0.1) is 6.54 Å². The molecular weight excluding hydrogens is 254 g/mol. The summed E-state index contributed by atoms with van der Waals surface area (Å²) in [7, 11) is 0. The first-order valence-electron chi connectivity index (χ1n) is 6.68. The van der Waals surface area contributed by atoms with Crippen LogP contribution in [-0.2, 0) is 16.0 Å². The van der Waals surface area contributed by atoms with E-state index in [0.29, 0.717) is 18.5 Å². The topological polar surface area (TPSA) is 84.2 Å². The van der Waals surface area contributed by atoms with Crippen LogP contribution in [0.15, 0.2) is 24.3 Å². The lowest BCUT2D eigenvalue weighted by Gasteiger charge is -2.20. The molecule has 5 heteroatoms. The molecule has 0 aromatic heterocycles. The molecule has 20 heavy (non-hydrogen) atoms. The van der Waals surface area contributed by atoms with Gasteiger partial charge in [-0.2, -0.15) is 0 Å². The number of rotatable bonds is 5. The summed E-state index contributed by atoms with van der Waals surface area (Å²) < 4.78 is 0. The van der Waals surface area contributed by atoms with Crippen LogP contribution in [0, 0.1) is 0 Å². The van der Waals surface area contributed by atoms with Crippen LogP contribution in [0.2, 0.25) is 0 Å². The SMILES string of the molecule is CC(C)(C)NC(=O)CNC(=O)CCc1ccc(N)cc1. The maximum absolute atomic E-state index is 11.6. The zero-order chi connectivity index (χ0) is 15.2. The normalized spacial score (nSPS) is 10.9. The van der Waals surface area contributed by atoms with Crippen molar-refractivity contribution >= 4 is 17.5 Å². The highest BCUT2D eigenvalue weighted by atomic mass is 16.2. The Morgan fingerprint density at radius 3 is 2.25 bits per heavy atom. The Hall–Kier alpha value is -2.04. The first kappa shape index (κ1) is 16.0. The lowest BCUT2D eigenvalue weighted by Crippen LogP contribution is -2.45. The quantitative estimate of drug-likeness (QED) is 0.708. The third-order valence-electron chi connectivity index (χ3n) is 2.58. The molecule has 0 aliphatic rings. The van der Waals surface area contributed by atoms with Crippen molar-refractivity contribution in [3.8, 4) is 0 Å². The summed E-state index contributed by atoms with van der Waals surface area (Å²) in [5, 5.41) is 5.40. The molecule has 0 atom stereocenters. The first-order chi connectivity index (χ1) is 9.26. The summed E-state index contributed by atoms with van der Waals surface area (Å²) in [6.07, 6.45) is 0.986. The number of carbonyl (C=O) groups excluding carboxylic acids is 2. The molecule has 5 nitrogen and oxygen atoms in total. The molecule has 0 fully saturated rings. The minimum absolute atomic E-state index is 0.0117. The fraction of sp³-hybridized carbons (Fsp3) is 0.467. The van der Waals surface area contributed by atoms with E-state index in [0.717, 1.165) is 5.56 Å². The fourth-order valence-electron chi connectivity index (χ4n) is 1.67. The molecule has 1 rings (SSSR count). The van der Waals surface area contributed by atoms with Gasteiger partial charge in [-0.1, -0.05) is 12.1 Å². The van der Waals surface area contributed by atoms with Crippen LogP contribution in [0.4, 0.5) is 5.69 Å². The van der Waals surface area contributed by atoms with Gasteiger partial charge in [0.25, 0.3) is 0 Å². The lowest BCUT2D eigenvalue weighted by molar-refractivity contribution is -0.126. The predicted molar refractivity (Wildman–Crippen MR) is 80.1 cm³/mol. The number of amides is 2. The second-order valence-corrected chi connectivity index (χ2v) is 5.82. The van der Waals surface area contributed by atoms with Gasteiger partial charge in [-0.05, 0) is 44.9 Å². The molecular formula is C15H23N3O2. The average Bonchev–Trinajstić information content (AvgIpc) is 2.33. The van der Waals surface area contributed by atoms with Gasteiger partial charge in [0.1, 0.15) is 0 Å². The Morgan fingerprint density at radius 2 is 1.70 bits per heavy atom. The molecule has 0 spiro atoms. The fourth-order valence-corrected chi connectivity index (χ4v) is 1.67. The van der Waals surface area contributed by atoms with E-state index < -0.39 is 0 Å². The van der Waals surface area contributed by atoms with E-state index >= 15 is 0 Å². The second-order valence-electron chi connectivity index (χ2n) is 5.82. The molecule has 110 valence electrons. The van der Waals surface area contributed by atoms with Crippen molar-refractivity contribution in [1.29, 1.82) is 0 Å². The van der Waals surface area contributed by atoms with Crippen LogP contribution < -0.4 is 16.4 Å². The predicted octanol–water partition coefficient (Wildman–Crippen LogP) is 1.23. The van der Waals surface area contributed by atoms with E-state index in [1.165, 1.54) is 0 Å². The smallest absolute Gasteiger partial charge is 0.239 e. The van der Waals surface area contributed by atoms with Crippen molar-refractivity contribution in [3.05, 3.63) is 29.8 Å². The van der Waals surface area contributed by atoms with E-state index in [1.54, 1.807) is 0 Å². The third-order valence-corrected chi connectivity index (χ3v) is 2.58. The van der Waals surface area contributed by atoms with Crippen LogP contribution in [0.5, 0.6) is 0 Å². The summed E-state index contributed by atoms with van der Waals surface area (Å²) in [6, 6.07) is 7.41. The number of nitrogens with one attached hydrogen (secondary N) is 2. The second kappa shape index (κ2) is 6.93. The number of hydrogen-bond acceptors (Lipinski definition) is 3. The van der Waals surface area contributed by atoms with E-state index in [-0.39, 0.29) is 23.9 Å². The Bertz CT molecular complexity index is 461. The number of hydrogen-bond donors (Lipinski definition) is 3. The van der Waals surface area contributed by atoms with Crippen LogP contribution in [0.3, 0.4) is 0 Å². The van der Waals surface area contributed by atoms with Gasteiger partial charge in [0, 0.05) is 17.6 Å². The highest BCUT2D eigenvalue weighted by molar-refractivity contribution is 5.85.